The van der Waals surface area contributed by atoms with Crippen molar-refractivity contribution in [2.24, 2.45) is 0 Å². The van der Waals surface area contributed by atoms with Gasteiger partial charge in [-0.3, -0.25) is 4.55 Å². The van der Waals surface area contributed by atoms with Crippen LogP contribution in [-0.2, 0) is 14.9 Å². The summed E-state index contributed by atoms with van der Waals surface area (Å²) in [5.41, 5.74) is -0.0913. The maximum atomic E-state index is 11.7. The monoisotopic (exact) mass is 297 g/mol. The van der Waals surface area contributed by atoms with Crippen molar-refractivity contribution in [3.05, 3.63) is 30.0 Å². The first kappa shape index (κ1) is 14.2. The summed E-state index contributed by atoms with van der Waals surface area (Å²) in [6.45, 7) is 1.77. The average Bonchev–Trinajstić information content (AvgIpc) is 2.87. The van der Waals surface area contributed by atoms with Crippen molar-refractivity contribution < 1.29 is 22.5 Å². The first-order valence-electron chi connectivity index (χ1n) is 5.60. The lowest BCUT2D eigenvalue weighted by Gasteiger charge is -2.05. The first-order valence-corrected chi connectivity index (χ1v) is 7.04. The zero-order valence-electron chi connectivity index (χ0n) is 10.4. The van der Waals surface area contributed by atoms with E-state index in [1.165, 1.54) is 18.2 Å². The fourth-order valence-corrected chi connectivity index (χ4v) is 2.34. The molecule has 0 aliphatic rings. The number of esters is 1. The van der Waals surface area contributed by atoms with Crippen molar-refractivity contribution in [1.29, 1.82) is 0 Å². The molecule has 8 nitrogen and oxygen atoms in total. The van der Waals surface area contributed by atoms with Crippen molar-refractivity contribution in [1.82, 2.24) is 15.4 Å². The summed E-state index contributed by atoms with van der Waals surface area (Å²) in [6.07, 6.45) is 0. The predicted octanol–water partition coefficient (Wildman–Crippen LogP) is 0.895. The minimum absolute atomic E-state index is 0.00308. The summed E-state index contributed by atoms with van der Waals surface area (Å²) >= 11 is 0. The Labute approximate surface area is 114 Å². The second-order valence-electron chi connectivity index (χ2n) is 3.71. The molecule has 0 fully saturated rings. The fraction of sp³-hybridized carbons (Fsp3) is 0.182. The van der Waals surface area contributed by atoms with Crippen molar-refractivity contribution in [2.45, 2.75) is 11.8 Å². The molecule has 106 valence electrons. The molecule has 0 amide bonds. The Morgan fingerprint density at radius 2 is 2.05 bits per heavy atom. The Morgan fingerprint density at radius 3 is 2.70 bits per heavy atom. The molecule has 0 unspecified atom stereocenters. The average molecular weight is 297 g/mol. The van der Waals surface area contributed by atoms with Crippen LogP contribution in [0.1, 0.15) is 17.4 Å². The smallest absolute Gasteiger partial charge is 0.361 e. The van der Waals surface area contributed by atoms with Gasteiger partial charge in [0, 0.05) is 5.56 Å². The van der Waals surface area contributed by atoms with Crippen molar-refractivity contribution in [2.75, 3.05) is 6.61 Å². The van der Waals surface area contributed by atoms with Crippen LogP contribution in [-0.4, -0.2) is 41.0 Å². The van der Waals surface area contributed by atoms with E-state index >= 15 is 0 Å². The van der Waals surface area contributed by atoms with E-state index in [4.69, 9.17) is 4.74 Å². The molecular weight excluding hydrogens is 286 g/mol. The standard InChI is InChI=1S/C11H11N3O5S/c1-2-19-11(15)10-9(12-14-13-10)7-5-3-4-6-8(7)20(16,17)18/h3-6H,2H2,1H3,(H,12,13,14)(H,16,17,18). The van der Waals surface area contributed by atoms with Gasteiger partial charge in [0.2, 0.25) is 0 Å². The van der Waals surface area contributed by atoms with Gasteiger partial charge in [-0.1, -0.05) is 18.2 Å². The van der Waals surface area contributed by atoms with Gasteiger partial charge >= 0.3 is 5.97 Å². The molecule has 1 aromatic carbocycles. The van der Waals surface area contributed by atoms with Gasteiger partial charge in [-0.15, -0.1) is 5.10 Å². The topological polar surface area (TPSA) is 122 Å². The highest BCUT2D eigenvalue weighted by Gasteiger charge is 2.24. The molecule has 0 saturated heterocycles. The number of rotatable bonds is 4. The van der Waals surface area contributed by atoms with Crippen LogP contribution in [0, 0.1) is 0 Å². The van der Waals surface area contributed by atoms with Crippen LogP contribution in [0.2, 0.25) is 0 Å². The zero-order chi connectivity index (χ0) is 14.8. The number of aromatic nitrogens is 3. The number of hydrogen-bond donors (Lipinski definition) is 2. The van der Waals surface area contributed by atoms with Gasteiger partial charge in [0.25, 0.3) is 10.1 Å². The Balaban J connectivity index is 2.60. The number of carbonyl (C=O) groups is 1. The van der Waals surface area contributed by atoms with Gasteiger partial charge in [0.15, 0.2) is 5.69 Å². The number of nitrogens with one attached hydrogen (secondary N) is 1. The van der Waals surface area contributed by atoms with Gasteiger partial charge < -0.3 is 4.74 Å². The molecule has 1 heterocycles. The van der Waals surface area contributed by atoms with Crippen molar-refractivity contribution >= 4 is 16.1 Å². The molecule has 20 heavy (non-hydrogen) atoms. The second-order valence-corrected chi connectivity index (χ2v) is 5.10. The minimum Gasteiger partial charge on any atom is -0.461 e. The van der Waals surface area contributed by atoms with E-state index < -0.39 is 16.1 Å². The number of nitrogens with zero attached hydrogens (tertiary/aromatic N) is 2. The number of hydrogen-bond acceptors (Lipinski definition) is 6. The molecule has 0 bridgehead atoms. The lowest BCUT2D eigenvalue weighted by atomic mass is 10.1. The molecule has 2 N–H and O–H groups in total. The van der Waals surface area contributed by atoms with E-state index in [2.05, 4.69) is 15.4 Å². The number of benzene rings is 1. The highest BCUT2D eigenvalue weighted by atomic mass is 32.2. The quantitative estimate of drug-likeness (QED) is 0.634. The van der Waals surface area contributed by atoms with E-state index in [9.17, 15) is 17.8 Å². The summed E-state index contributed by atoms with van der Waals surface area (Å²) in [7, 11) is -4.45. The van der Waals surface area contributed by atoms with E-state index in [-0.39, 0.29) is 28.5 Å². The van der Waals surface area contributed by atoms with Gasteiger partial charge in [-0.25, -0.2) is 4.79 Å². The van der Waals surface area contributed by atoms with Crippen LogP contribution in [0.4, 0.5) is 0 Å². The summed E-state index contributed by atoms with van der Waals surface area (Å²) in [5, 5.41) is 9.64. The Hall–Kier alpha value is -2.26. The maximum Gasteiger partial charge on any atom is 0.361 e. The molecule has 2 rings (SSSR count). The molecule has 0 radical (unpaired) electrons. The normalized spacial score (nSPS) is 11.3. The van der Waals surface area contributed by atoms with Crippen LogP contribution in [0.15, 0.2) is 29.2 Å². The summed E-state index contributed by atoms with van der Waals surface area (Å²) in [4.78, 5) is 11.3. The molecule has 9 heteroatoms. The molecule has 0 aliphatic carbocycles. The third-order valence-corrected chi connectivity index (χ3v) is 3.35. The SMILES string of the molecule is CCOC(=O)c1n[nH]nc1-c1ccccc1S(=O)(=O)O. The zero-order valence-corrected chi connectivity index (χ0v) is 11.2. The summed E-state index contributed by atoms with van der Waals surface area (Å²) < 4.78 is 36.7. The highest BCUT2D eigenvalue weighted by molar-refractivity contribution is 7.86. The number of carbonyl (C=O) groups excluding carboxylic acids is 1. The molecule has 0 atom stereocenters. The van der Waals surface area contributed by atoms with Crippen LogP contribution in [0.25, 0.3) is 11.3 Å². The summed E-state index contributed by atoms with van der Waals surface area (Å²) in [6, 6.07) is 5.60. The molecular formula is C11H11N3O5S. The Kier molecular flexibility index (Phi) is 3.81. The van der Waals surface area contributed by atoms with Crippen LogP contribution < -0.4 is 0 Å². The molecule has 0 spiro atoms. The van der Waals surface area contributed by atoms with Crippen LogP contribution in [0.5, 0.6) is 0 Å². The molecule has 0 saturated carbocycles. The van der Waals surface area contributed by atoms with Gasteiger partial charge in [-0.05, 0) is 13.0 Å². The highest BCUT2D eigenvalue weighted by Crippen LogP contribution is 2.27. The van der Waals surface area contributed by atoms with Crippen molar-refractivity contribution in [3.63, 3.8) is 0 Å². The first-order chi connectivity index (χ1) is 9.45. The van der Waals surface area contributed by atoms with Crippen LogP contribution in [0.3, 0.4) is 0 Å². The lowest BCUT2D eigenvalue weighted by Crippen LogP contribution is -2.08. The fourth-order valence-electron chi connectivity index (χ4n) is 1.65. The van der Waals surface area contributed by atoms with E-state index in [1.54, 1.807) is 13.0 Å². The van der Waals surface area contributed by atoms with Gasteiger partial charge in [0.1, 0.15) is 10.6 Å². The molecule has 1 aromatic heterocycles. The minimum atomic E-state index is -4.45. The lowest BCUT2D eigenvalue weighted by molar-refractivity contribution is 0.0520. The van der Waals surface area contributed by atoms with Gasteiger partial charge in [0.05, 0.1) is 6.61 Å². The number of ether oxygens (including phenoxy) is 1. The molecule has 0 aliphatic heterocycles. The third kappa shape index (κ3) is 2.68. The summed E-state index contributed by atoms with van der Waals surface area (Å²) in [5.74, 6) is -0.735. The maximum absolute atomic E-state index is 11.7. The Bertz CT molecular complexity index is 738. The van der Waals surface area contributed by atoms with Crippen LogP contribution >= 0.6 is 0 Å². The van der Waals surface area contributed by atoms with E-state index in [0.29, 0.717) is 0 Å². The number of aromatic amines is 1. The van der Waals surface area contributed by atoms with Crippen molar-refractivity contribution in [3.8, 4) is 11.3 Å². The third-order valence-electron chi connectivity index (χ3n) is 2.44. The largest absolute Gasteiger partial charge is 0.461 e. The van der Waals surface area contributed by atoms with E-state index in [0.717, 1.165) is 0 Å². The second kappa shape index (κ2) is 5.39. The Morgan fingerprint density at radius 1 is 1.35 bits per heavy atom. The van der Waals surface area contributed by atoms with E-state index in [1.807, 2.05) is 0 Å². The predicted molar refractivity (Wildman–Crippen MR) is 67.6 cm³/mol. The number of H-pyrrole nitrogens is 1. The van der Waals surface area contributed by atoms with Gasteiger partial charge in [-0.2, -0.15) is 18.7 Å². The molecule has 2 aromatic rings.